The molecule has 0 aliphatic rings. The summed E-state index contributed by atoms with van der Waals surface area (Å²) in [4.78, 5) is 16.2. The Labute approximate surface area is 101 Å². The molecule has 1 aromatic carbocycles. The first-order valence-electron chi connectivity index (χ1n) is 5.16. The van der Waals surface area contributed by atoms with Gasteiger partial charge in [-0.15, -0.1) is 11.3 Å². The molecule has 17 heavy (non-hydrogen) atoms. The minimum Gasteiger partial charge on any atom is -0.544 e. The zero-order valence-electron chi connectivity index (χ0n) is 9.06. The highest BCUT2D eigenvalue weighted by Crippen LogP contribution is 2.27. The van der Waals surface area contributed by atoms with Gasteiger partial charge in [0.1, 0.15) is 4.83 Å². The lowest BCUT2D eigenvalue weighted by Gasteiger charge is -1.98. The van der Waals surface area contributed by atoms with Crippen molar-refractivity contribution in [1.82, 2.24) is 4.98 Å². The number of carbonyl (C=O) groups is 1. The second kappa shape index (κ2) is 3.53. The molecule has 0 aliphatic carbocycles. The number of fused-ring (bicyclic) bond motifs is 2. The van der Waals surface area contributed by atoms with Crippen molar-refractivity contribution in [3.63, 3.8) is 0 Å². The van der Waals surface area contributed by atoms with Gasteiger partial charge < -0.3 is 9.90 Å². The van der Waals surface area contributed by atoms with Crippen LogP contribution in [0.1, 0.15) is 15.2 Å². The molecule has 0 unspecified atom stereocenters. The van der Waals surface area contributed by atoms with E-state index in [0.717, 1.165) is 38.0 Å². The highest BCUT2D eigenvalue weighted by Gasteiger charge is 2.05. The number of aromatic nitrogens is 1. The number of pyridine rings is 1. The topological polar surface area (TPSA) is 53.0 Å². The predicted molar refractivity (Wildman–Crippen MR) is 66.2 cm³/mol. The van der Waals surface area contributed by atoms with E-state index >= 15 is 0 Å². The lowest BCUT2D eigenvalue weighted by molar-refractivity contribution is -0.254. The third kappa shape index (κ3) is 1.66. The molecule has 0 amide bonds. The van der Waals surface area contributed by atoms with Crippen molar-refractivity contribution in [3.8, 4) is 0 Å². The van der Waals surface area contributed by atoms with Crippen molar-refractivity contribution in [2.45, 2.75) is 6.92 Å². The molecule has 3 rings (SSSR count). The summed E-state index contributed by atoms with van der Waals surface area (Å²) in [6.45, 7) is 2.02. The quantitative estimate of drug-likeness (QED) is 0.656. The Bertz CT molecular complexity index is 746. The van der Waals surface area contributed by atoms with Gasteiger partial charge in [-0.3, -0.25) is 0 Å². The molecule has 84 valence electrons. The van der Waals surface area contributed by atoms with Gasteiger partial charge in [-0.1, -0.05) is 11.6 Å². The van der Waals surface area contributed by atoms with Crippen molar-refractivity contribution in [1.29, 1.82) is 0 Å². The monoisotopic (exact) mass is 242 g/mol. The molecule has 0 radical (unpaired) electrons. The number of carboxylic acid groups (broad SMARTS) is 1. The standard InChI is InChI=1S/C13H9NO2S/c1-7-2-3-10-8(4-7)5-9-6-11(13(15)16)17-12(9)14-10/h2-6H,1H3,(H,15,16)/p-1. The third-order valence-corrected chi connectivity index (χ3v) is 3.68. The van der Waals surface area contributed by atoms with E-state index in [1.165, 1.54) is 0 Å². The normalized spacial score (nSPS) is 11.1. The summed E-state index contributed by atoms with van der Waals surface area (Å²) in [5, 5.41) is 12.7. The fraction of sp³-hybridized carbons (Fsp3) is 0.0769. The number of aromatic carboxylic acids is 1. The minimum atomic E-state index is -1.15. The van der Waals surface area contributed by atoms with E-state index in [9.17, 15) is 9.90 Å². The first-order chi connectivity index (χ1) is 8.13. The number of rotatable bonds is 1. The van der Waals surface area contributed by atoms with Crippen LogP contribution < -0.4 is 5.11 Å². The molecule has 2 heterocycles. The molecule has 4 heteroatoms. The van der Waals surface area contributed by atoms with Gasteiger partial charge in [0.05, 0.1) is 16.4 Å². The molecular formula is C13H8NO2S-. The van der Waals surface area contributed by atoms with E-state index in [4.69, 9.17) is 0 Å². The molecular weight excluding hydrogens is 234 g/mol. The van der Waals surface area contributed by atoms with Crippen LogP contribution in [0.15, 0.2) is 30.3 Å². The van der Waals surface area contributed by atoms with Crippen LogP contribution in [0, 0.1) is 6.92 Å². The average molecular weight is 242 g/mol. The van der Waals surface area contributed by atoms with Gasteiger partial charge >= 0.3 is 0 Å². The first-order valence-corrected chi connectivity index (χ1v) is 5.97. The SMILES string of the molecule is Cc1ccc2nc3sc(C(=O)[O-])cc3cc2c1. The summed E-state index contributed by atoms with van der Waals surface area (Å²) in [5.41, 5.74) is 2.05. The molecule has 2 aromatic heterocycles. The molecule has 0 saturated heterocycles. The van der Waals surface area contributed by atoms with Crippen molar-refractivity contribution >= 4 is 38.4 Å². The van der Waals surface area contributed by atoms with E-state index in [1.54, 1.807) is 6.07 Å². The summed E-state index contributed by atoms with van der Waals surface area (Å²) in [6.07, 6.45) is 0. The Hall–Kier alpha value is -1.94. The van der Waals surface area contributed by atoms with Gasteiger partial charge in [0, 0.05) is 10.8 Å². The van der Waals surface area contributed by atoms with Crippen LogP contribution in [0.25, 0.3) is 21.1 Å². The third-order valence-electron chi connectivity index (χ3n) is 2.66. The number of nitrogens with zero attached hydrogens (tertiary/aromatic N) is 1. The van der Waals surface area contributed by atoms with Crippen molar-refractivity contribution in [2.75, 3.05) is 0 Å². The van der Waals surface area contributed by atoms with E-state index in [0.29, 0.717) is 0 Å². The van der Waals surface area contributed by atoms with Crippen LogP contribution >= 0.6 is 11.3 Å². The van der Waals surface area contributed by atoms with Crippen LogP contribution in [-0.4, -0.2) is 11.0 Å². The van der Waals surface area contributed by atoms with E-state index < -0.39 is 5.97 Å². The van der Waals surface area contributed by atoms with E-state index in [-0.39, 0.29) is 4.88 Å². The number of carboxylic acids is 1. The van der Waals surface area contributed by atoms with Crippen molar-refractivity contribution in [2.24, 2.45) is 0 Å². The van der Waals surface area contributed by atoms with E-state index in [2.05, 4.69) is 4.98 Å². The van der Waals surface area contributed by atoms with Crippen LogP contribution in [0.2, 0.25) is 0 Å². The second-order valence-corrected chi connectivity index (χ2v) is 5.01. The Morgan fingerprint density at radius 3 is 2.82 bits per heavy atom. The average Bonchev–Trinajstić information content (AvgIpc) is 2.68. The van der Waals surface area contributed by atoms with E-state index in [1.807, 2.05) is 31.2 Å². The van der Waals surface area contributed by atoms with Crippen LogP contribution in [0.5, 0.6) is 0 Å². The molecule has 0 N–H and O–H groups in total. The number of hydrogen-bond donors (Lipinski definition) is 0. The minimum absolute atomic E-state index is 0.222. The highest BCUT2D eigenvalue weighted by molar-refractivity contribution is 7.20. The first kappa shape index (κ1) is 10.2. The molecule has 0 aliphatic heterocycles. The number of thiophene rings is 1. The molecule has 0 atom stereocenters. The maximum atomic E-state index is 10.8. The molecule has 3 nitrogen and oxygen atoms in total. The second-order valence-electron chi connectivity index (χ2n) is 3.98. The van der Waals surface area contributed by atoms with Gasteiger partial charge in [-0.2, -0.15) is 0 Å². The molecule has 0 saturated carbocycles. The number of hydrogen-bond acceptors (Lipinski definition) is 4. The summed E-state index contributed by atoms with van der Waals surface area (Å²) >= 11 is 1.15. The van der Waals surface area contributed by atoms with Crippen LogP contribution in [0.4, 0.5) is 0 Å². The maximum absolute atomic E-state index is 10.8. The largest absolute Gasteiger partial charge is 0.544 e. The Kier molecular flexibility index (Phi) is 2.12. The van der Waals surface area contributed by atoms with Gasteiger partial charge in [0.2, 0.25) is 0 Å². The fourth-order valence-electron chi connectivity index (χ4n) is 1.86. The summed E-state index contributed by atoms with van der Waals surface area (Å²) in [7, 11) is 0. The summed E-state index contributed by atoms with van der Waals surface area (Å²) < 4.78 is 0. The van der Waals surface area contributed by atoms with Gasteiger partial charge in [-0.05, 0) is 31.2 Å². The van der Waals surface area contributed by atoms with Crippen LogP contribution in [-0.2, 0) is 0 Å². The fourth-order valence-corrected chi connectivity index (χ4v) is 2.71. The summed E-state index contributed by atoms with van der Waals surface area (Å²) in [6, 6.07) is 9.56. The molecule has 3 aromatic rings. The smallest absolute Gasteiger partial charge is 0.124 e. The molecule has 0 spiro atoms. The number of carbonyl (C=O) groups excluding carboxylic acids is 1. The Morgan fingerprint density at radius 2 is 2.06 bits per heavy atom. The Balaban J connectivity index is 2.36. The lowest BCUT2D eigenvalue weighted by atomic mass is 10.1. The van der Waals surface area contributed by atoms with Gasteiger partial charge in [0.25, 0.3) is 0 Å². The zero-order valence-corrected chi connectivity index (χ0v) is 9.88. The van der Waals surface area contributed by atoms with Crippen molar-refractivity contribution in [3.05, 3.63) is 40.8 Å². The highest BCUT2D eigenvalue weighted by atomic mass is 32.1. The van der Waals surface area contributed by atoms with Crippen molar-refractivity contribution < 1.29 is 9.90 Å². The Morgan fingerprint density at radius 1 is 1.24 bits per heavy atom. The predicted octanol–water partition coefficient (Wildman–Crippen LogP) is 2.12. The van der Waals surface area contributed by atoms with Gasteiger partial charge in [0.15, 0.2) is 0 Å². The lowest BCUT2D eigenvalue weighted by Crippen LogP contribution is -2.20. The van der Waals surface area contributed by atoms with Crippen LogP contribution in [0.3, 0.4) is 0 Å². The summed E-state index contributed by atoms with van der Waals surface area (Å²) in [5.74, 6) is -1.15. The number of aryl methyl sites for hydroxylation is 1. The zero-order chi connectivity index (χ0) is 12.0. The number of benzene rings is 1. The maximum Gasteiger partial charge on any atom is 0.124 e. The molecule has 0 bridgehead atoms. The van der Waals surface area contributed by atoms with Gasteiger partial charge in [-0.25, -0.2) is 4.98 Å². The molecule has 0 fully saturated rings.